The molecule has 5 heteroatoms. The van der Waals surface area contributed by atoms with Gasteiger partial charge < -0.3 is 10.4 Å². The van der Waals surface area contributed by atoms with E-state index in [1.807, 2.05) is 6.92 Å². The maximum Gasteiger partial charge on any atom is 0.329 e. The van der Waals surface area contributed by atoms with Gasteiger partial charge in [-0.2, -0.15) is 0 Å². The average molecular weight is 293 g/mol. The Morgan fingerprint density at radius 1 is 1.43 bits per heavy atom. The number of amides is 1. The minimum atomic E-state index is -1.29. The quantitative estimate of drug-likeness (QED) is 0.900. The Balaban J connectivity index is 2.27. The van der Waals surface area contributed by atoms with E-state index >= 15 is 0 Å². The van der Waals surface area contributed by atoms with Crippen molar-refractivity contribution in [1.29, 1.82) is 0 Å². The number of rotatable bonds is 3. The zero-order chi connectivity index (χ0) is 15.6. The number of carbonyl (C=O) groups excluding carboxylic acids is 1. The molecule has 2 N–H and O–H groups in total. The maximum atomic E-state index is 13.8. The van der Waals surface area contributed by atoms with Gasteiger partial charge in [-0.05, 0) is 37.8 Å². The molecular weight excluding hydrogens is 273 g/mol. The van der Waals surface area contributed by atoms with E-state index in [9.17, 15) is 19.1 Å². The van der Waals surface area contributed by atoms with Crippen LogP contribution >= 0.6 is 0 Å². The number of carboxylic acid groups (broad SMARTS) is 1. The second-order valence-corrected chi connectivity index (χ2v) is 6.03. The van der Waals surface area contributed by atoms with Gasteiger partial charge in [-0.15, -0.1) is 0 Å². The van der Waals surface area contributed by atoms with Crippen LogP contribution in [0.4, 0.5) is 4.39 Å². The standard InChI is InChI=1S/C16H20FNO3/c1-10-5-6-13(17)12(8-10)14(19)18-16(15(20)21)7-3-4-11(2)9-16/h5-6,8,11H,3-4,7,9H2,1-2H3,(H,18,19)(H,20,21). The number of benzene rings is 1. The van der Waals surface area contributed by atoms with E-state index in [4.69, 9.17) is 0 Å². The van der Waals surface area contributed by atoms with E-state index in [2.05, 4.69) is 5.32 Å². The summed E-state index contributed by atoms with van der Waals surface area (Å²) in [5, 5.41) is 12.1. The highest BCUT2D eigenvalue weighted by molar-refractivity contribution is 5.98. The lowest BCUT2D eigenvalue weighted by atomic mass is 9.76. The Bertz CT molecular complexity index is 573. The topological polar surface area (TPSA) is 66.4 Å². The third-order valence-electron chi connectivity index (χ3n) is 4.13. The molecule has 1 fully saturated rings. The van der Waals surface area contributed by atoms with Crippen molar-refractivity contribution in [1.82, 2.24) is 5.32 Å². The number of carbonyl (C=O) groups is 2. The molecule has 2 atom stereocenters. The van der Waals surface area contributed by atoms with Crippen molar-refractivity contribution < 1.29 is 19.1 Å². The predicted octanol–water partition coefficient (Wildman–Crippen LogP) is 2.90. The minimum Gasteiger partial charge on any atom is -0.480 e. The van der Waals surface area contributed by atoms with Crippen molar-refractivity contribution in [2.24, 2.45) is 5.92 Å². The van der Waals surface area contributed by atoms with Crippen molar-refractivity contribution in [2.45, 2.75) is 45.1 Å². The minimum absolute atomic E-state index is 0.103. The van der Waals surface area contributed by atoms with Crippen molar-refractivity contribution in [3.8, 4) is 0 Å². The Morgan fingerprint density at radius 3 is 2.76 bits per heavy atom. The third kappa shape index (κ3) is 3.23. The second-order valence-electron chi connectivity index (χ2n) is 6.03. The largest absolute Gasteiger partial charge is 0.480 e. The molecule has 2 unspecified atom stereocenters. The van der Waals surface area contributed by atoms with Crippen molar-refractivity contribution in [3.63, 3.8) is 0 Å². The summed E-state index contributed by atoms with van der Waals surface area (Å²) in [5.74, 6) is -2.12. The lowest BCUT2D eigenvalue weighted by Crippen LogP contribution is -2.56. The molecule has 1 aromatic carbocycles. The lowest BCUT2D eigenvalue weighted by molar-refractivity contribution is -0.146. The summed E-state index contributed by atoms with van der Waals surface area (Å²) in [6, 6.07) is 4.23. The van der Waals surface area contributed by atoms with Crippen LogP contribution in [0.2, 0.25) is 0 Å². The highest BCUT2D eigenvalue weighted by atomic mass is 19.1. The van der Waals surface area contributed by atoms with Gasteiger partial charge in [-0.3, -0.25) is 4.79 Å². The zero-order valence-corrected chi connectivity index (χ0v) is 12.3. The van der Waals surface area contributed by atoms with Crippen LogP contribution in [0.1, 0.15) is 48.5 Å². The summed E-state index contributed by atoms with van der Waals surface area (Å²) in [6.07, 6.45) is 2.45. The number of aryl methyl sites for hydroxylation is 1. The number of carboxylic acids is 1. The fraction of sp³-hybridized carbons (Fsp3) is 0.500. The molecule has 0 spiro atoms. The van der Waals surface area contributed by atoms with Gasteiger partial charge in [-0.25, -0.2) is 9.18 Å². The molecule has 0 bridgehead atoms. The molecule has 1 aliphatic carbocycles. The van der Waals surface area contributed by atoms with Gasteiger partial charge in [0.15, 0.2) is 0 Å². The molecule has 2 rings (SSSR count). The molecule has 114 valence electrons. The van der Waals surface area contributed by atoms with Crippen LogP contribution < -0.4 is 5.32 Å². The fourth-order valence-corrected chi connectivity index (χ4v) is 3.01. The average Bonchev–Trinajstić information content (AvgIpc) is 2.41. The van der Waals surface area contributed by atoms with Gasteiger partial charge in [0.2, 0.25) is 0 Å². The van der Waals surface area contributed by atoms with E-state index in [0.717, 1.165) is 18.4 Å². The molecule has 4 nitrogen and oxygen atoms in total. The maximum absolute atomic E-state index is 13.8. The van der Waals surface area contributed by atoms with Crippen molar-refractivity contribution in [2.75, 3.05) is 0 Å². The van der Waals surface area contributed by atoms with Gasteiger partial charge in [0.1, 0.15) is 11.4 Å². The van der Waals surface area contributed by atoms with Gasteiger partial charge >= 0.3 is 5.97 Å². The first-order valence-corrected chi connectivity index (χ1v) is 7.16. The highest BCUT2D eigenvalue weighted by Gasteiger charge is 2.43. The zero-order valence-electron chi connectivity index (χ0n) is 12.3. The van der Waals surface area contributed by atoms with Gasteiger partial charge in [-0.1, -0.05) is 31.4 Å². The van der Waals surface area contributed by atoms with Crippen LogP contribution in [0.25, 0.3) is 0 Å². The highest BCUT2D eigenvalue weighted by Crippen LogP contribution is 2.33. The van der Waals surface area contributed by atoms with Crippen molar-refractivity contribution in [3.05, 3.63) is 35.1 Å². The SMILES string of the molecule is Cc1ccc(F)c(C(=O)NC2(C(=O)O)CCCC(C)C2)c1. The Hall–Kier alpha value is -1.91. The van der Waals surface area contributed by atoms with Crippen LogP contribution in [-0.2, 0) is 4.79 Å². The van der Waals surface area contributed by atoms with Crippen molar-refractivity contribution >= 4 is 11.9 Å². The molecule has 1 saturated carbocycles. The molecule has 0 aromatic heterocycles. The fourth-order valence-electron chi connectivity index (χ4n) is 3.01. The summed E-state index contributed by atoms with van der Waals surface area (Å²) in [5.41, 5.74) is -0.637. The summed E-state index contributed by atoms with van der Waals surface area (Å²) < 4.78 is 13.8. The van der Waals surface area contributed by atoms with Crippen LogP contribution in [0.5, 0.6) is 0 Å². The number of hydrogen-bond acceptors (Lipinski definition) is 2. The number of halogens is 1. The summed E-state index contributed by atoms with van der Waals surface area (Å²) in [6.45, 7) is 3.72. The molecule has 0 heterocycles. The predicted molar refractivity (Wildman–Crippen MR) is 76.6 cm³/mol. The molecular formula is C16H20FNO3. The monoisotopic (exact) mass is 293 g/mol. The van der Waals surface area contributed by atoms with Crippen LogP contribution in [-0.4, -0.2) is 22.5 Å². The summed E-state index contributed by atoms with van der Waals surface area (Å²) in [4.78, 5) is 23.9. The molecule has 0 saturated heterocycles. The van der Waals surface area contributed by atoms with E-state index in [1.165, 1.54) is 12.1 Å². The Morgan fingerprint density at radius 2 is 2.14 bits per heavy atom. The molecule has 21 heavy (non-hydrogen) atoms. The third-order valence-corrected chi connectivity index (χ3v) is 4.13. The number of aliphatic carboxylic acids is 1. The van der Waals surface area contributed by atoms with E-state index in [-0.39, 0.29) is 11.5 Å². The van der Waals surface area contributed by atoms with E-state index in [1.54, 1.807) is 13.0 Å². The normalized spacial score (nSPS) is 25.4. The molecule has 1 aliphatic rings. The first kappa shape index (κ1) is 15.5. The Labute approximate surface area is 123 Å². The van der Waals surface area contributed by atoms with E-state index < -0.39 is 23.2 Å². The summed E-state index contributed by atoms with van der Waals surface area (Å²) in [7, 11) is 0. The Kier molecular flexibility index (Phi) is 4.30. The second kappa shape index (κ2) is 5.84. The van der Waals surface area contributed by atoms with Gasteiger partial charge in [0.25, 0.3) is 5.91 Å². The first-order chi connectivity index (χ1) is 9.84. The van der Waals surface area contributed by atoms with Crippen LogP contribution in [0, 0.1) is 18.7 Å². The van der Waals surface area contributed by atoms with E-state index in [0.29, 0.717) is 12.8 Å². The smallest absolute Gasteiger partial charge is 0.329 e. The molecule has 0 aliphatic heterocycles. The molecule has 1 aromatic rings. The number of nitrogens with one attached hydrogen (secondary N) is 1. The van der Waals surface area contributed by atoms with Gasteiger partial charge in [0, 0.05) is 0 Å². The lowest BCUT2D eigenvalue weighted by Gasteiger charge is -2.37. The molecule has 1 amide bonds. The number of hydrogen-bond donors (Lipinski definition) is 2. The first-order valence-electron chi connectivity index (χ1n) is 7.16. The van der Waals surface area contributed by atoms with Crippen LogP contribution in [0.3, 0.4) is 0 Å². The summed E-state index contributed by atoms with van der Waals surface area (Å²) >= 11 is 0. The van der Waals surface area contributed by atoms with Crippen LogP contribution in [0.15, 0.2) is 18.2 Å². The molecule has 0 radical (unpaired) electrons. The van der Waals surface area contributed by atoms with Gasteiger partial charge in [0.05, 0.1) is 5.56 Å².